The second-order valence-electron chi connectivity index (χ2n) is 4.25. The van der Waals surface area contributed by atoms with E-state index >= 15 is 0 Å². The van der Waals surface area contributed by atoms with E-state index in [-0.39, 0.29) is 8.68 Å². The monoisotopic (exact) mass is 410 g/mol. The first-order valence-electron chi connectivity index (χ1n) is 5.74. The molecule has 9 heteroatoms. The molecule has 0 bridgehead atoms. The largest absolute Gasteiger partial charge is 0.495 e. The zero-order valence-corrected chi connectivity index (χ0v) is 15.4. The third kappa shape index (κ3) is 3.50. The Bertz CT molecular complexity index is 790. The number of aromatic nitrogens is 1. The van der Waals surface area contributed by atoms with Crippen molar-refractivity contribution in [2.45, 2.75) is 18.1 Å². The first-order chi connectivity index (χ1) is 9.74. The molecular weight excluding hydrogens is 400 g/mol. The van der Waals surface area contributed by atoms with Gasteiger partial charge in [-0.05, 0) is 31.5 Å². The molecule has 1 N–H and O–H groups in total. The van der Waals surface area contributed by atoms with Crippen LogP contribution in [0.3, 0.4) is 0 Å². The molecule has 1 heterocycles. The van der Waals surface area contributed by atoms with E-state index in [1.165, 1.54) is 7.11 Å². The maximum atomic E-state index is 12.5. The maximum absolute atomic E-state index is 12.5. The maximum Gasteiger partial charge on any atom is 0.273 e. The summed E-state index contributed by atoms with van der Waals surface area (Å²) in [6.45, 7) is 3.39. The van der Waals surface area contributed by atoms with Crippen LogP contribution in [-0.4, -0.2) is 20.5 Å². The first kappa shape index (κ1) is 16.5. The van der Waals surface area contributed by atoms with Crippen LogP contribution in [0.2, 0.25) is 4.47 Å². The molecule has 0 aliphatic carbocycles. The molecule has 0 fully saturated rings. The summed E-state index contributed by atoms with van der Waals surface area (Å²) in [5.74, 6) is 0.429. The lowest BCUT2D eigenvalue weighted by Gasteiger charge is -2.14. The van der Waals surface area contributed by atoms with Gasteiger partial charge in [0.25, 0.3) is 10.0 Å². The molecule has 0 saturated heterocycles. The van der Waals surface area contributed by atoms with Gasteiger partial charge in [-0.3, -0.25) is 4.72 Å². The van der Waals surface area contributed by atoms with E-state index in [0.29, 0.717) is 17.1 Å². The number of methoxy groups -OCH3 is 1. The number of nitrogens with one attached hydrogen (secondary N) is 1. The summed E-state index contributed by atoms with van der Waals surface area (Å²) in [6.07, 6.45) is 0. The number of hydrogen-bond acceptors (Lipinski definition) is 5. The fraction of sp³-hybridized carbons (Fsp3) is 0.250. The summed E-state index contributed by atoms with van der Waals surface area (Å²) >= 11 is 10.0. The molecule has 2 rings (SSSR count). The van der Waals surface area contributed by atoms with E-state index in [9.17, 15) is 8.42 Å². The van der Waals surface area contributed by atoms with Crippen LogP contribution in [0.25, 0.3) is 0 Å². The van der Waals surface area contributed by atoms with Gasteiger partial charge in [0, 0.05) is 4.47 Å². The number of hydrogen-bond donors (Lipinski definition) is 1. The average Bonchev–Trinajstić information content (AvgIpc) is 2.72. The second-order valence-corrected chi connectivity index (χ2v) is 8.62. The van der Waals surface area contributed by atoms with Gasteiger partial charge in [-0.25, -0.2) is 13.4 Å². The molecule has 0 aliphatic rings. The highest BCUT2D eigenvalue weighted by molar-refractivity contribution is 9.10. The molecule has 0 aliphatic heterocycles. The summed E-state index contributed by atoms with van der Waals surface area (Å²) in [4.78, 5) is 3.92. The standard InChI is InChI=1S/C12H12BrClN2O3S2/c1-6-4-8(13)5-9(19-3)10(6)16-21(17,18)11-7(2)15-12(14)20-11/h4-5,16H,1-3H3. The molecule has 0 amide bonds. The number of aryl methyl sites for hydroxylation is 2. The van der Waals surface area contributed by atoms with E-state index in [0.717, 1.165) is 21.4 Å². The highest BCUT2D eigenvalue weighted by Gasteiger charge is 2.24. The lowest BCUT2D eigenvalue weighted by Crippen LogP contribution is -2.14. The Morgan fingerprint density at radius 3 is 2.57 bits per heavy atom. The fourth-order valence-electron chi connectivity index (χ4n) is 1.78. The predicted molar refractivity (Wildman–Crippen MR) is 88.1 cm³/mol. The van der Waals surface area contributed by atoms with Crippen LogP contribution in [0.1, 0.15) is 11.3 Å². The van der Waals surface area contributed by atoms with E-state index in [4.69, 9.17) is 16.3 Å². The number of sulfonamides is 1. The molecular formula is C12H12BrClN2O3S2. The Morgan fingerprint density at radius 1 is 1.38 bits per heavy atom. The minimum atomic E-state index is -3.76. The van der Waals surface area contributed by atoms with Crippen LogP contribution in [0.5, 0.6) is 5.75 Å². The Kier molecular flexibility index (Phi) is 4.82. The summed E-state index contributed by atoms with van der Waals surface area (Å²) in [7, 11) is -2.28. The number of anilines is 1. The third-order valence-electron chi connectivity index (χ3n) is 2.69. The van der Waals surface area contributed by atoms with E-state index in [2.05, 4.69) is 25.6 Å². The van der Waals surface area contributed by atoms with Crippen LogP contribution in [-0.2, 0) is 10.0 Å². The van der Waals surface area contributed by atoms with Crippen molar-refractivity contribution >= 4 is 54.6 Å². The molecule has 114 valence electrons. The molecule has 1 aromatic carbocycles. The predicted octanol–water partition coefficient (Wildman–Crippen LogP) is 3.99. The van der Waals surface area contributed by atoms with Crippen molar-refractivity contribution in [2.75, 3.05) is 11.8 Å². The van der Waals surface area contributed by atoms with Crippen molar-refractivity contribution < 1.29 is 13.2 Å². The molecule has 5 nitrogen and oxygen atoms in total. The minimum absolute atomic E-state index is 0.0943. The van der Waals surface area contributed by atoms with E-state index < -0.39 is 10.0 Å². The fourth-order valence-corrected chi connectivity index (χ4v) is 5.22. The Morgan fingerprint density at radius 2 is 2.05 bits per heavy atom. The lowest BCUT2D eigenvalue weighted by molar-refractivity contribution is 0.416. The van der Waals surface area contributed by atoms with Crippen LogP contribution >= 0.6 is 38.9 Å². The van der Waals surface area contributed by atoms with Crippen molar-refractivity contribution in [3.63, 3.8) is 0 Å². The summed E-state index contributed by atoms with van der Waals surface area (Å²) in [5.41, 5.74) is 1.49. The van der Waals surface area contributed by atoms with Crippen molar-refractivity contribution in [1.29, 1.82) is 0 Å². The van der Waals surface area contributed by atoms with Gasteiger partial charge in [-0.2, -0.15) is 0 Å². The molecule has 0 saturated carbocycles. The molecule has 0 atom stereocenters. The lowest BCUT2D eigenvalue weighted by atomic mass is 10.2. The number of thiazole rings is 1. The molecule has 2 aromatic rings. The van der Waals surface area contributed by atoms with E-state index in [1.807, 2.05) is 0 Å². The van der Waals surface area contributed by atoms with Gasteiger partial charge in [-0.1, -0.05) is 38.9 Å². The summed E-state index contributed by atoms with van der Waals surface area (Å²) in [6, 6.07) is 3.49. The zero-order valence-electron chi connectivity index (χ0n) is 11.4. The smallest absolute Gasteiger partial charge is 0.273 e. The SMILES string of the molecule is COc1cc(Br)cc(C)c1NS(=O)(=O)c1sc(Cl)nc1C. The molecule has 1 aromatic heterocycles. The van der Waals surface area contributed by atoms with Crippen LogP contribution in [0, 0.1) is 13.8 Å². The molecule has 21 heavy (non-hydrogen) atoms. The van der Waals surface area contributed by atoms with E-state index in [1.54, 1.807) is 26.0 Å². The second kappa shape index (κ2) is 6.12. The van der Waals surface area contributed by atoms with Crippen molar-refractivity contribution in [1.82, 2.24) is 4.98 Å². The normalized spacial score (nSPS) is 11.5. The third-order valence-corrected chi connectivity index (χ3v) is 6.37. The van der Waals surface area contributed by atoms with Gasteiger partial charge in [0.05, 0.1) is 18.5 Å². The topological polar surface area (TPSA) is 68.3 Å². The van der Waals surface area contributed by atoms with Crippen LogP contribution < -0.4 is 9.46 Å². The highest BCUT2D eigenvalue weighted by atomic mass is 79.9. The van der Waals surface area contributed by atoms with Gasteiger partial charge in [-0.15, -0.1) is 0 Å². The number of nitrogens with zero attached hydrogens (tertiary/aromatic N) is 1. The average molecular weight is 412 g/mol. The molecule has 0 spiro atoms. The zero-order chi connectivity index (χ0) is 15.8. The van der Waals surface area contributed by atoms with Gasteiger partial charge >= 0.3 is 0 Å². The van der Waals surface area contributed by atoms with Crippen molar-refractivity contribution in [2.24, 2.45) is 0 Å². The van der Waals surface area contributed by atoms with Crippen LogP contribution in [0.15, 0.2) is 20.8 Å². The van der Waals surface area contributed by atoms with Gasteiger partial charge in [0.15, 0.2) is 8.68 Å². The van der Waals surface area contributed by atoms with Gasteiger partial charge in [0.1, 0.15) is 5.75 Å². The van der Waals surface area contributed by atoms with Crippen LogP contribution in [0.4, 0.5) is 5.69 Å². The number of rotatable bonds is 4. The quantitative estimate of drug-likeness (QED) is 0.826. The van der Waals surface area contributed by atoms with Gasteiger partial charge in [0.2, 0.25) is 0 Å². The Balaban J connectivity index is 2.49. The Labute approximate surface area is 140 Å². The number of ether oxygens (including phenoxy) is 1. The van der Waals surface area contributed by atoms with Crippen molar-refractivity contribution in [3.05, 3.63) is 32.3 Å². The summed E-state index contributed by atoms with van der Waals surface area (Å²) < 4.78 is 33.8. The van der Waals surface area contributed by atoms with Gasteiger partial charge < -0.3 is 4.74 Å². The number of halogens is 2. The number of benzene rings is 1. The van der Waals surface area contributed by atoms with Crippen molar-refractivity contribution in [3.8, 4) is 5.75 Å². The summed E-state index contributed by atoms with van der Waals surface area (Å²) in [5, 5.41) is 0. The molecule has 0 radical (unpaired) electrons. The first-order valence-corrected chi connectivity index (χ1v) is 9.21. The molecule has 0 unspecified atom stereocenters. The Hall–Kier alpha value is -0.830. The minimum Gasteiger partial charge on any atom is -0.495 e. The highest BCUT2D eigenvalue weighted by Crippen LogP contribution is 2.35.